The first kappa shape index (κ1) is 17.9. The maximum absolute atomic E-state index is 14.1. The number of benzene rings is 1. The first-order valence-electron chi connectivity index (χ1n) is 6.40. The minimum atomic E-state index is -4.54. The summed E-state index contributed by atoms with van der Waals surface area (Å²) in [5.41, 5.74) is -2.56. The van der Waals surface area contributed by atoms with Gasteiger partial charge in [0, 0.05) is 12.3 Å². The molecule has 2 aromatic rings. The summed E-state index contributed by atoms with van der Waals surface area (Å²) in [6, 6.07) is 2.76. The van der Waals surface area contributed by atoms with Gasteiger partial charge in [-0.2, -0.15) is 22.0 Å². The minimum Gasteiger partial charge on any atom is -0.287 e. The molecule has 0 N–H and O–H groups in total. The van der Waals surface area contributed by atoms with Crippen LogP contribution in [0.2, 0.25) is 0 Å². The van der Waals surface area contributed by atoms with E-state index in [2.05, 4.69) is 4.98 Å². The van der Waals surface area contributed by atoms with Gasteiger partial charge in [0.1, 0.15) is 17.3 Å². The molecule has 2 nitrogen and oxygen atoms in total. The number of carbonyl (C=O) groups is 1. The van der Waals surface area contributed by atoms with Crippen molar-refractivity contribution < 1.29 is 35.5 Å². The van der Waals surface area contributed by atoms with E-state index in [1.807, 2.05) is 0 Å². The normalized spacial score (nSPS) is 12.3. The number of alkyl halides is 5. The molecule has 0 saturated heterocycles. The predicted octanol–water partition coefficient (Wildman–Crippen LogP) is 4.44. The van der Waals surface area contributed by atoms with Gasteiger partial charge in [-0.3, -0.25) is 9.78 Å². The number of pyridine rings is 1. The molecule has 0 fully saturated rings. The number of Topliss-reactive ketones (excluding diaryl/α,β-unsaturated/α-hetero) is 1. The van der Waals surface area contributed by atoms with Crippen LogP contribution in [0.15, 0.2) is 36.5 Å². The summed E-state index contributed by atoms with van der Waals surface area (Å²) < 4.78 is 91.0. The summed E-state index contributed by atoms with van der Waals surface area (Å²) in [4.78, 5) is 14.9. The van der Waals surface area contributed by atoms with Gasteiger partial charge in [-0.15, -0.1) is 0 Å². The molecule has 1 aromatic carbocycles. The molecule has 0 atom stereocenters. The molecule has 9 heteroatoms. The second kappa shape index (κ2) is 6.21. The lowest BCUT2D eigenvalue weighted by Crippen LogP contribution is -2.28. The third kappa shape index (κ3) is 3.90. The Labute approximate surface area is 130 Å². The Kier molecular flexibility index (Phi) is 4.63. The monoisotopic (exact) mass is 351 g/mol. The zero-order valence-corrected chi connectivity index (χ0v) is 11.7. The van der Waals surface area contributed by atoms with Crippen LogP contribution in [0.1, 0.15) is 21.6 Å². The Morgan fingerprint density at radius 2 is 1.67 bits per heavy atom. The minimum absolute atomic E-state index is 0.267. The first-order valence-corrected chi connectivity index (χ1v) is 6.40. The van der Waals surface area contributed by atoms with E-state index < -0.39 is 47.2 Å². The average Bonchev–Trinajstić information content (AvgIpc) is 2.45. The van der Waals surface area contributed by atoms with Crippen LogP contribution in [0.4, 0.5) is 30.7 Å². The third-order valence-corrected chi connectivity index (χ3v) is 3.01. The quantitative estimate of drug-likeness (QED) is 0.602. The summed E-state index contributed by atoms with van der Waals surface area (Å²) in [7, 11) is 0. The Morgan fingerprint density at radius 1 is 1.00 bits per heavy atom. The maximum atomic E-state index is 14.1. The van der Waals surface area contributed by atoms with Gasteiger partial charge < -0.3 is 0 Å². The first-order chi connectivity index (χ1) is 11.0. The molecule has 0 radical (unpaired) electrons. The molecule has 2 rings (SSSR count). The summed E-state index contributed by atoms with van der Waals surface area (Å²) in [5.74, 6) is -8.79. The molecular weight excluding hydrogens is 343 g/mol. The van der Waals surface area contributed by atoms with Gasteiger partial charge in [0.25, 0.3) is 0 Å². The second-order valence-electron chi connectivity index (χ2n) is 4.87. The van der Waals surface area contributed by atoms with Gasteiger partial charge in [0.2, 0.25) is 5.78 Å². The zero-order chi connectivity index (χ0) is 18.1. The molecule has 0 amide bonds. The number of hydrogen-bond donors (Lipinski definition) is 0. The smallest absolute Gasteiger partial charge is 0.287 e. The summed E-state index contributed by atoms with van der Waals surface area (Å²) in [6.07, 6.45) is -5.35. The number of nitrogens with zero attached hydrogens (tertiary/aromatic N) is 1. The van der Waals surface area contributed by atoms with E-state index in [4.69, 9.17) is 0 Å². The molecule has 0 bridgehead atoms. The lowest BCUT2D eigenvalue weighted by molar-refractivity contribution is -0.127. The van der Waals surface area contributed by atoms with Crippen molar-refractivity contribution >= 4 is 5.78 Å². The molecule has 0 aliphatic heterocycles. The predicted molar refractivity (Wildman–Crippen MR) is 68.6 cm³/mol. The number of ketones is 1. The summed E-state index contributed by atoms with van der Waals surface area (Å²) in [6.45, 7) is 0. The zero-order valence-electron chi connectivity index (χ0n) is 11.7. The number of aromatic nitrogens is 1. The van der Waals surface area contributed by atoms with E-state index in [0.29, 0.717) is 24.4 Å². The maximum Gasteiger partial charge on any atom is 0.393 e. The van der Waals surface area contributed by atoms with Crippen LogP contribution < -0.4 is 0 Å². The Balaban J connectivity index is 2.30. The molecule has 0 unspecified atom stereocenters. The molecule has 128 valence electrons. The molecule has 1 heterocycles. The van der Waals surface area contributed by atoms with Crippen LogP contribution in [0.3, 0.4) is 0 Å². The van der Waals surface area contributed by atoms with Crippen molar-refractivity contribution in [3.8, 4) is 0 Å². The lowest BCUT2D eigenvalue weighted by atomic mass is 10.0. The van der Waals surface area contributed by atoms with Crippen LogP contribution >= 0.6 is 0 Å². The van der Waals surface area contributed by atoms with Gasteiger partial charge in [0.05, 0.1) is 12.0 Å². The van der Waals surface area contributed by atoms with Crippen molar-refractivity contribution in [2.24, 2.45) is 0 Å². The van der Waals surface area contributed by atoms with E-state index >= 15 is 0 Å². The topological polar surface area (TPSA) is 30.0 Å². The van der Waals surface area contributed by atoms with E-state index in [-0.39, 0.29) is 11.6 Å². The summed E-state index contributed by atoms with van der Waals surface area (Å²) >= 11 is 0. The van der Waals surface area contributed by atoms with E-state index in [1.54, 1.807) is 0 Å². The van der Waals surface area contributed by atoms with Gasteiger partial charge >= 0.3 is 12.1 Å². The van der Waals surface area contributed by atoms with Crippen molar-refractivity contribution in [3.63, 3.8) is 0 Å². The fourth-order valence-electron chi connectivity index (χ4n) is 1.91. The highest BCUT2D eigenvalue weighted by Gasteiger charge is 2.44. The number of carbonyl (C=O) groups excluding carboxylic acids is 1. The molecular formula is C15H8F7NO. The SMILES string of the molecule is O=C(c1ccc(F)cc1F)C(F)(F)c1ccc(CC(F)(F)F)cn1. The number of rotatable bonds is 4. The third-order valence-electron chi connectivity index (χ3n) is 3.01. The number of halogens is 7. The van der Waals surface area contributed by atoms with E-state index in [0.717, 1.165) is 6.07 Å². The van der Waals surface area contributed by atoms with Crippen molar-refractivity contribution in [2.75, 3.05) is 0 Å². The fourth-order valence-corrected chi connectivity index (χ4v) is 1.91. The largest absolute Gasteiger partial charge is 0.393 e. The van der Waals surface area contributed by atoms with Crippen molar-refractivity contribution in [1.82, 2.24) is 4.98 Å². The van der Waals surface area contributed by atoms with Crippen molar-refractivity contribution in [2.45, 2.75) is 18.5 Å². The van der Waals surface area contributed by atoms with Crippen LogP contribution in [0.5, 0.6) is 0 Å². The molecule has 0 spiro atoms. The second-order valence-corrected chi connectivity index (χ2v) is 4.87. The number of hydrogen-bond acceptors (Lipinski definition) is 2. The Hall–Kier alpha value is -2.45. The van der Waals surface area contributed by atoms with Gasteiger partial charge in [0.15, 0.2) is 0 Å². The molecule has 24 heavy (non-hydrogen) atoms. The van der Waals surface area contributed by atoms with Crippen molar-refractivity contribution in [1.29, 1.82) is 0 Å². The van der Waals surface area contributed by atoms with Crippen LogP contribution in [0.25, 0.3) is 0 Å². The summed E-state index contributed by atoms with van der Waals surface area (Å²) in [5, 5.41) is 0. The Bertz CT molecular complexity index is 753. The molecule has 0 saturated carbocycles. The lowest BCUT2D eigenvalue weighted by Gasteiger charge is -2.15. The van der Waals surface area contributed by atoms with Crippen LogP contribution in [-0.2, 0) is 12.3 Å². The van der Waals surface area contributed by atoms with Crippen molar-refractivity contribution in [3.05, 3.63) is 65.0 Å². The molecule has 0 aliphatic carbocycles. The Morgan fingerprint density at radius 3 is 2.17 bits per heavy atom. The van der Waals surface area contributed by atoms with Gasteiger partial charge in [-0.05, 0) is 23.8 Å². The van der Waals surface area contributed by atoms with E-state index in [1.165, 1.54) is 0 Å². The highest BCUT2D eigenvalue weighted by atomic mass is 19.4. The van der Waals surface area contributed by atoms with Crippen LogP contribution in [-0.4, -0.2) is 16.9 Å². The van der Waals surface area contributed by atoms with Crippen LogP contribution in [0, 0.1) is 11.6 Å². The fraction of sp³-hybridized carbons (Fsp3) is 0.200. The highest BCUT2D eigenvalue weighted by Crippen LogP contribution is 2.32. The van der Waals surface area contributed by atoms with Gasteiger partial charge in [-0.1, -0.05) is 6.07 Å². The average molecular weight is 351 g/mol. The van der Waals surface area contributed by atoms with Gasteiger partial charge in [-0.25, -0.2) is 8.78 Å². The highest BCUT2D eigenvalue weighted by molar-refractivity contribution is 6.01. The van der Waals surface area contributed by atoms with E-state index in [9.17, 15) is 35.5 Å². The standard InChI is InChI=1S/C15H8F7NO/c16-9-2-3-10(11(17)5-9)13(24)15(21,22)12-4-1-8(7-23-12)6-14(18,19)20/h1-5,7H,6H2. The molecule has 1 aromatic heterocycles. The molecule has 0 aliphatic rings.